The smallest absolute Gasteiger partial charge is 0.0521 e. The summed E-state index contributed by atoms with van der Waals surface area (Å²) in [5.41, 5.74) is -0.238. The van der Waals surface area contributed by atoms with Crippen molar-refractivity contribution in [3.63, 3.8) is 0 Å². The molecule has 0 aromatic carbocycles. The molecule has 0 bridgehead atoms. The lowest BCUT2D eigenvalue weighted by molar-refractivity contribution is 0.0341. The first kappa shape index (κ1) is 11.2. The normalized spacial score (nSPS) is 22.4. The van der Waals surface area contributed by atoms with Crippen molar-refractivity contribution in [1.82, 2.24) is 5.32 Å². The lowest BCUT2D eigenvalue weighted by atomic mass is 9.82. The van der Waals surface area contributed by atoms with Crippen molar-refractivity contribution < 1.29 is 10.2 Å². The van der Waals surface area contributed by atoms with Crippen LogP contribution in [0.5, 0.6) is 0 Å². The number of hydrogen-bond acceptors (Lipinski definition) is 3. The van der Waals surface area contributed by atoms with Crippen LogP contribution in [0.15, 0.2) is 0 Å². The van der Waals surface area contributed by atoms with Crippen LogP contribution < -0.4 is 5.32 Å². The molecule has 1 saturated heterocycles. The topological polar surface area (TPSA) is 52.5 Å². The minimum Gasteiger partial charge on any atom is -0.396 e. The first-order valence-corrected chi connectivity index (χ1v) is 3.75. The minimum absolute atomic E-state index is 0. The van der Waals surface area contributed by atoms with Crippen LogP contribution in [0.3, 0.4) is 0 Å². The first-order valence-electron chi connectivity index (χ1n) is 3.75. The summed E-state index contributed by atoms with van der Waals surface area (Å²) in [6, 6.07) is 0. The number of aliphatic hydroxyl groups excluding tert-OH is 2. The Balaban J connectivity index is 0.000001000. The Labute approximate surface area is 73.2 Å². The maximum Gasteiger partial charge on any atom is 0.0521 e. The molecule has 1 heterocycles. The van der Waals surface area contributed by atoms with E-state index >= 15 is 0 Å². The maximum atomic E-state index is 8.94. The van der Waals surface area contributed by atoms with Crippen molar-refractivity contribution in [2.45, 2.75) is 12.8 Å². The lowest BCUT2D eigenvalue weighted by Crippen LogP contribution is -2.44. The third kappa shape index (κ3) is 2.60. The van der Waals surface area contributed by atoms with Crippen molar-refractivity contribution in [2.24, 2.45) is 5.41 Å². The molecule has 3 nitrogen and oxygen atoms in total. The van der Waals surface area contributed by atoms with Crippen LogP contribution in [0, 0.1) is 5.41 Å². The summed E-state index contributed by atoms with van der Waals surface area (Å²) in [6.07, 6.45) is 1.99. The Morgan fingerprint density at radius 1 is 1.27 bits per heavy atom. The predicted molar refractivity (Wildman–Crippen MR) is 46.0 cm³/mol. The number of hydrogen-bond donors (Lipinski definition) is 3. The van der Waals surface area contributed by atoms with Gasteiger partial charge in [0, 0.05) is 12.0 Å². The Bertz CT molecular complexity index is 98.6. The van der Waals surface area contributed by atoms with E-state index < -0.39 is 0 Å². The molecule has 0 atom stereocenters. The average Bonchev–Trinajstić information content (AvgIpc) is 2.06. The van der Waals surface area contributed by atoms with Crippen molar-refractivity contribution in [3.05, 3.63) is 0 Å². The molecule has 0 unspecified atom stereocenters. The fourth-order valence-corrected chi connectivity index (χ4v) is 1.35. The van der Waals surface area contributed by atoms with Crippen molar-refractivity contribution >= 4 is 12.4 Å². The first-order chi connectivity index (χ1) is 4.83. The highest BCUT2D eigenvalue weighted by atomic mass is 35.5. The zero-order valence-electron chi connectivity index (χ0n) is 6.55. The van der Waals surface area contributed by atoms with Crippen LogP contribution in [0.2, 0.25) is 0 Å². The molecule has 1 aliphatic heterocycles. The Kier molecular flexibility index (Phi) is 5.01. The van der Waals surface area contributed by atoms with Crippen LogP contribution >= 0.6 is 12.4 Å². The molecule has 0 aliphatic carbocycles. The highest BCUT2D eigenvalue weighted by Gasteiger charge is 2.30. The van der Waals surface area contributed by atoms with Gasteiger partial charge in [-0.05, 0) is 19.4 Å². The quantitative estimate of drug-likeness (QED) is 0.552. The molecular formula is C7H16ClNO2. The molecule has 0 spiro atoms. The van der Waals surface area contributed by atoms with Crippen molar-refractivity contribution in [3.8, 4) is 0 Å². The van der Waals surface area contributed by atoms with Crippen LogP contribution in [0.1, 0.15) is 12.8 Å². The molecule has 0 amide bonds. The molecule has 1 rings (SSSR count). The lowest BCUT2D eigenvalue weighted by Gasteiger charge is -2.33. The predicted octanol–water partition coefficient (Wildman–Crippen LogP) is -0.237. The summed E-state index contributed by atoms with van der Waals surface area (Å²) in [5, 5.41) is 21.0. The summed E-state index contributed by atoms with van der Waals surface area (Å²) in [4.78, 5) is 0. The molecule has 1 fully saturated rings. The van der Waals surface area contributed by atoms with Gasteiger partial charge in [0.2, 0.25) is 0 Å². The molecular weight excluding hydrogens is 166 g/mol. The third-order valence-electron chi connectivity index (χ3n) is 2.23. The number of aliphatic hydroxyl groups is 2. The highest BCUT2D eigenvalue weighted by molar-refractivity contribution is 5.85. The van der Waals surface area contributed by atoms with Gasteiger partial charge in [0.1, 0.15) is 0 Å². The van der Waals surface area contributed by atoms with E-state index in [1.165, 1.54) is 0 Å². The van der Waals surface area contributed by atoms with Crippen molar-refractivity contribution in [2.75, 3.05) is 26.3 Å². The number of rotatable bonds is 2. The van der Waals surface area contributed by atoms with Crippen LogP contribution in [0.4, 0.5) is 0 Å². The van der Waals surface area contributed by atoms with Gasteiger partial charge in [0.25, 0.3) is 0 Å². The molecule has 68 valence electrons. The fourth-order valence-electron chi connectivity index (χ4n) is 1.35. The molecule has 1 aliphatic rings. The second-order valence-corrected chi connectivity index (χ2v) is 3.10. The summed E-state index contributed by atoms with van der Waals surface area (Å²) in [7, 11) is 0. The van der Waals surface area contributed by atoms with Gasteiger partial charge < -0.3 is 15.5 Å². The van der Waals surface area contributed by atoms with Gasteiger partial charge >= 0.3 is 0 Å². The van der Waals surface area contributed by atoms with E-state index in [-0.39, 0.29) is 31.0 Å². The maximum absolute atomic E-state index is 8.94. The summed E-state index contributed by atoms with van der Waals surface area (Å²) < 4.78 is 0. The summed E-state index contributed by atoms with van der Waals surface area (Å²) in [6.45, 7) is 1.95. The second-order valence-electron chi connectivity index (χ2n) is 3.10. The van der Waals surface area contributed by atoms with E-state index in [1.54, 1.807) is 0 Å². The van der Waals surface area contributed by atoms with Crippen LogP contribution in [-0.4, -0.2) is 36.5 Å². The number of halogens is 1. The van der Waals surface area contributed by atoms with E-state index in [1.807, 2.05) is 0 Å². The van der Waals surface area contributed by atoms with Gasteiger partial charge in [-0.15, -0.1) is 12.4 Å². The van der Waals surface area contributed by atoms with E-state index in [0.717, 1.165) is 25.9 Å². The SMILES string of the molecule is Cl.OCC1(CO)CCCNC1. The van der Waals surface area contributed by atoms with Gasteiger partial charge in [-0.2, -0.15) is 0 Å². The van der Waals surface area contributed by atoms with Gasteiger partial charge in [-0.25, -0.2) is 0 Å². The molecule has 0 radical (unpaired) electrons. The molecule has 3 N–H and O–H groups in total. The van der Waals surface area contributed by atoms with Gasteiger partial charge in [0.05, 0.1) is 13.2 Å². The molecule has 11 heavy (non-hydrogen) atoms. The van der Waals surface area contributed by atoms with Crippen LogP contribution in [-0.2, 0) is 0 Å². The van der Waals surface area contributed by atoms with E-state index in [0.29, 0.717) is 0 Å². The molecule has 4 heteroatoms. The van der Waals surface area contributed by atoms with Crippen molar-refractivity contribution in [1.29, 1.82) is 0 Å². The molecule has 0 aromatic heterocycles. The van der Waals surface area contributed by atoms with Gasteiger partial charge in [0.15, 0.2) is 0 Å². The van der Waals surface area contributed by atoms with E-state index in [9.17, 15) is 0 Å². The largest absolute Gasteiger partial charge is 0.396 e. The Morgan fingerprint density at radius 3 is 2.18 bits per heavy atom. The van der Waals surface area contributed by atoms with Crippen LogP contribution in [0.25, 0.3) is 0 Å². The average molecular weight is 182 g/mol. The van der Waals surface area contributed by atoms with E-state index in [4.69, 9.17) is 10.2 Å². The number of nitrogens with one attached hydrogen (secondary N) is 1. The Hall–Kier alpha value is 0.170. The number of piperidine rings is 1. The summed E-state index contributed by atoms with van der Waals surface area (Å²) >= 11 is 0. The highest BCUT2D eigenvalue weighted by Crippen LogP contribution is 2.24. The molecule has 0 aromatic rings. The van der Waals surface area contributed by atoms with Gasteiger partial charge in [-0.1, -0.05) is 0 Å². The zero-order valence-corrected chi connectivity index (χ0v) is 7.36. The summed E-state index contributed by atoms with van der Waals surface area (Å²) in [5.74, 6) is 0. The van der Waals surface area contributed by atoms with Gasteiger partial charge in [-0.3, -0.25) is 0 Å². The third-order valence-corrected chi connectivity index (χ3v) is 2.23. The zero-order chi connectivity index (χ0) is 7.45. The Morgan fingerprint density at radius 2 is 1.91 bits per heavy atom. The fraction of sp³-hybridized carbons (Fsp3) is 1.00. The second kappa shape index (κ2) is 4.93. The molecule has 0 saturated carbocycles. The van der Waals surface area contributed by atoms with E-state index in [2.05, 4.69) is 5.32 Å². The standard InChI is InChI=1S/C7H15NO2.ClH/c9-5-7(6-10)2-1-3-8-4-7;/h8-10H,1-6H2;1H. The monoisotopic (exact) mass is 181 g/mol. The minimum atomic E-state index is -0.238.